The van der Waals surface area contributed by atoms with Crippen molar-refractivity contribution in [2.45, 2.75) is 0 Å². The van der Waals surface area contributed by atoms with Crippen molar-refractivity contribution in [2.24, 2.45) is 0 Å². The van der Waals surface area contributed by atoms with E-state index in [1.807, 2.05) is 0 Å². The van der Waals surface area contributed by atoms with Crippen LogP contribution in [0.4, 0.5) is 0 Å². The second-order valence-corrected chi connectivity index (χ2v) is 10.3. The molecule has 0 bridgehead atoms. The summed E-state index contributed by atoms with van der Waals surface area (Å²) in [6.07, 6.45) is 0. The van der Waals surface area contributed by atoms with Crippen molar-refractivity contribution in [1.82, 2.24) is 7.42 Å². The fourth-order valence-electron chi connectivity index (χ4n) is 0.324. The van der Waals surface area contributed by atoms with Gasteiger partial charge in [-0.2, -0.15) is 0 Å². The van der Waals surface area contributed by atoms with Gasteiger partial charge in [-0.05, 0) is 0 Å². The van der Waals surface area contributed by atoms with Crippen molar-refractivity contribution in [1.29, 1.82) is 0 Å². The lowest BCUT2D eigenvalue weighted by atomic mass is 11.6. The second kappa shape index (κ2) is 6.88. The number of nitrogens with zero attached hydrogens (tertiary/aromatic N) is 2. The minimum Gasteiger partial charge on any atom is -0.210 e. The van der Waals surface area contributed by atoms with Crippen LogP contribution in [0.25, 0.3) is 0 Å². The van der Waals surface area contributed by atoms with E-state index in [-0.39, 0.29) is 0 Å². The number of alkyl halides is 2. The van der Waals surface area contributed by atoms with Crippen LogP contribution >= 0.6 is 45.2 Å². The summed E-state index contributed by atoms with van der Waals surface area (Å²) in [6.45, 7) is 0. The van der Waals surface area contributed by atoms with Gasteiger partial charge >= 0.3 is 0 Å². The Kier molecular flexibility index (Phi) is 7.35. The Morgan fingerprint density at radius 1 is 0.875 bits per heavy atom. The zero-order valence-corrected chi connectivity index (χ0v) is 13.1. The summed E-state index contributed by atoms with van der Waals surface area (Å²) >= 11 is 10.4. The number of hydrogen-bond acceptors (Lipinski definition) is 6. The standard InChI is InChI=1S/C4H10Cl2N2O4S4/c1-7(15(9,10)3-5)13-14-8(2)16(11,12)4-6/h3-4H2,1-2H3. The topological polar surface area (TPSA) is 74.8 Å². The highest BCUT2D eigenvalue weighted by molar-refractivity contribution is 8.76. The first-order chi connectivity index (χ1) is 7.17. The Hall–Kier alpha value is 1.10. The van der Waals surface area contributed by atoms with Crippen molar-refractivity contribution >= 4 is 65.2 Å². The van der Waals surface area contributed by atoms with Crippen molar-refractivity contribution in [2.75, 3.05) is 24.5 Å². The zero-order valence-electron chi connectivity index (χ0n) is 8.33. The number of hydrogen-bond donors (Lipinski definition) is 0. The highest BCUT2D eigenvalue weighted by atomic mass is 35.5. The molecule has 0 heterocycles. The molecule has 6 nitrogen and oxygen atoms in total. The lowest BCUT2D eigenvalue weighted by Gasteiger charge is -2.17. The average molecular weight is 349 g/mol. The summed E-state index contributed by atoms with van der Waals surface area (Å²) in [4.78, 5) is 0. The van der Waals surface area contributed by atoms with Gasteiger partial charge in [-0.25, -0.2) is 16.8 Å². The maximum atomic E-state index is 11.2. The van der Waals surface area contributed by atoms with Gasteiger partial charge in [0.2, 0.25) is 20.0 Å². The van der Waals surface area contributed by atoms with E-state index in [9.17, 15) is 16.8 Å². The van der Waals surface area contributed by atoms with Crippen LogP contribution < -0.4 is 0 Å². The molecule has 0 atom stereocenters. The highest BCUT2D eigenvalue weighted by Crippen LogP contribution is 2.31. The third-order valence-electron chi connectivity index (χ3n) is 1.30. The minimum absolute atomic E-state index is 0.566. The first-order valence-electron chi connectivity index (χ1n) is 3.57. The quantitative estimate of drug-likeness (QED) is 0.389. The Bertz CT molecular complexity index is 370. The van der Waals surface area contributed by atoms with Gasteiger partial charge in [0.1, 0.15) is 10.4 Å². The molecule has 0 aromatic rings. The molecule has 0 saturated heterocycles. The van der Waals surface area contributed by atoms with E-state index >= 15 is 0 Å². The molecule has 0 rings (SSSR count). The van der Waals surface area contributed by atoms with E-state index in [0.29, 0.717) is 0 Å². The smallest absolute Gasteiger partial charge is 0.210 e. The summed E-state index contributed by atoms with van der Waals surface area (Å²) in [5.41, 5.74) is 0. The normalized spacial score (nSPS) is 13.6. The van der Waals surface area contributed by atoms with Crippen molar-refractivity contribution in [3.8, 4) is 0 Å². The van der Waals surface area contributed by atoms with Crippen LogP contribution in [0.2, 0.25) is 0 Å². The van der Waals surface area contributed by atoms with Gasteiger partial charge in [-0.3, -0.25) is 0 Å². The first-order valence-corrected chi connectivity index (χ1v) is 9.92. The molecular formula is C4H10Cl2N2O4S4. The molecule has 0 aliphatic carbocycles. The Labute approximate surface area is 113 Å². The maximum absolute atomic E-state index is 11.2. The minimum atomic E-state index is -3.56. The third-order valence-corrected chi connectivity index (χ3v) is 9.48. The van der Waals surface area contributed by atoms with E-state index in [4.69, 9.17) is 23.2 Å². The Balaban J connectivity index is 4.39. The van der Waals surface area contributed by atoms with Crippen LogP contribution in [0.15, 0.2) is 0 Å². The van der Waals surface area contributed by atoms with E-state index in [1.165, 1.54) is 14.1 Å². The molecule has 0 aromatic carbocycles. The molecule has 0 amide bonds. The molecule has 0 radical (unpaired) electrons. The molecule has 0 aliphatic heterocycles. The molecule has 98 valence electrons. The van der Waals surface area contributed by atoms with Gasteiger partial charge in [0.25, 0.3) is 0 Å². The summed E-state index contributed by atoms with van der Waals surface area (Å²) in [6, 6.07) is 0. The molecule has 0 aromatic heterocycles. The largest absolute Gasteiger partial charge is 0.237 e. The molecule has 0 fully saturated rings. The van der Waals surface area contributed by atoms with E-state index in [2.05, 4.69) is 0 Å². The van der Waals surface area contributed by atoms with Crippen molar-refractivity contribution in [3.05, 3.63) is 0 Å². The Morgan fingerprint density at radius 3 is 1.31 bits per heavy atom. The van der Waals surface area contributed by atoms with E-state index < -0.39 is 30.5 Å². The molecule has 0 aliphatic rings. The van der Waals surface area contributed by atoms with Gasteiger partial charge < -0.3 is 0 Å². The van der Waals surface area contributed by atoms with Crippen LogP contribution in [0.5, 0.6) is 0 Å². The SMILES string of the molecule is CN(SSN(C)S(=O)(=O)CCl)S(=O)(=O)CCl. The van der Waals surface area contributed by atoms with Gasteiger partial charge in [-0.15, -0.1) is 30.6 Å². The van der Waals surface area contributed by atoms with Crippen LogP contribution in [0.1, 0.15) is 0 Å². The van der Waals surface area contributed by atoms with Gasteiger partial charge in [-0.1, -0.05) is 0 Å². The van der Waals surface area contributed by atoms with Crippen molar-refractivity contribution in [3.63, 3.8) is 0 Å². The van der Waals surface area contributed by atoms with Crippen LogP contribution in [0.3, 0.4) is 0 Å². The van der Waals surface area contributed by atoms with Crippen molar-refractivity contribution < 1.29 is 16.8 Å². The molecular weight excluding hydrogens is 339 g/mol. The summed E-state index contributed by atoms with van der Waals surface area (Å²) < 4.78 is 46.5. The van der Waals surface area contributed by atoms with Crippen LogP contribution in [0, 0.1) is 0 Å². The number of rotatable bonds is 7. The van der Waals surface area contributed by atoms with Gasteiger partial charge in [0.15, 0.2) is 0 Å². The molecule has 0 saturated carbocycles. The lowest BCUT2D eigenvalue weighted by molar-refractivity contribution is 0.567. The summed E-state index contributed by atoms with van der Waals surface area (Å²) in [7, 11) is -3.12. The highest BCUT2D eigenvalue weighted by Gasteiger charge is 2.22. The lowest BCUT2D eigenvalue weighted by Crippen LogP contribution is -2.24. The fourth-order valence-corrected chi connectivity index (χ4v) is 5.79. The van der Waals surface area contributed by atoms with E-state index in [0.717, 1.165) is 29.4 Å². The predicted octanol–water partition coefficient (Wildman–Crippen LogP) is 1.11. The third kappa shape index (κ3) is 5.17. The molecule has 0 unspecified atom stereocenters. The summed E-state index contributed by atoms with van der Waals surface area (Å²) in [5.74, 6) is 0. The molecule has 0 N–H and O–H groups in total. The monoisotopic (exact) mass is 348 g/mol. The second-order valence-electron chi connectivity index (χ2n) is 2.41. The molecule has 0 spiro atoms. The molecule has 16 heavy (non-hydrogen) atoms. The van der Waals surface area contributed by atoms with E-state index in [1.54, 1.807) is 0 Å². The average Bonchev–Trinajstić information content (AvgIpc) is 2.24. The first kappa shape index (κ1) is 17.1. The number of halogens is 2. The zero-order chi connectivity index (χ0) is 13.0. The van der Waals surface area contributed by atoms with Gasteiger partial charge in [0, 0.05) is 36.1 Å². The van der Waals surface area contributed by atoms with Crippen LogP contribution in [-0.2, 0) is 20.0 Å². The summed E-state index contributed by atoms with van der Waals surface area (Å²) in [5, 5.41) is -1.13. The molecule has 12 heteroatoms. The number of sulfonamides is 2. The Morgan fingerprint density at radius 2 is 1.12 bits per heavy atom. The van der Waals surface area contributed by atoms with Gasteiger partial charge in [0.05, 0.1) is 0 Å². The van der Waals surface area contributed by atoms with Crippen LogP contribution in [-0.4, -0.2) is 48.8 Å². The fraction of sp³-hybridized carbons (Fsp3) is 1.00. The predicted molar refractivity (Wildman–Crippen MR) is 70.0 cm³/mol. The maximum Gasteiger partial charge on any atom is 0.237 e.